The normalized spacial score (nSPS) is 21.1. The molecule has 3 amide bonds. The van der Waals surface area contributed by atoms with Gasteiger partial charge in [0.05, 0.1) is 11.5 Å². The molecule has 12 heteroatoms. The molecule has 3 rings (SSSR count). The third kappa shape index (κ3) is 6.35. The van der Waals surface area contributed by atoms with E-state index in [2.05, 4.69) is 12.6 Å². The Morgan fingerprint density at radius 3 is 2.36 bits per heavy atom. The van der Waals surface area contributed by atoms with E-state index in [-0.39, 0.29) is 29.4 Å². The lowest BCUT2D eigenvalue weighted by molar-refractivity contribution is -0.384. The number of amides is 3. The number of likely N-dealkylation sites (tertiary alicyclic amines) is 1. The number of hydrogen-bond acceptors (Lipinski definition) is 8. The zero-order valence-corrected chi connectivity index (χ0v) is 19.6. The number of benzene rings is 1. The van der Waals surface area contributed by atoms with Gasteiger partial charge >= 0.3 is 6.09 Å². The number of carbonyl (C=O) groups is 3. The first-order valence-electron chi connectivity index (χ1n) is 10.7. The topological polar surface area (TPSA) is 117 Å². The van der Waals surface area contributed by atoms with Gasteiger partial charge in [-0.25, -0.2) is 4.79 Å². The van der Waals surface area contributed by atoms with Crippen molar-refractivity contribution in [1.29, 1.82) is 0 Å². The zero-order valence-electron chi connectivity index (χ0n) is 18.8. The summed E-state index contributed by atoms with van der Waals surface area (Å²) in [6.45, 7) is 2.72. The second kappa shape index (κ2) is 10.8. The van der Waals surface area contributed by atoms with Gasteiger partial charge in [0, 0.05) is 64.2 Å². The van der Waals surface area contributed by atoms with Gasteiger partial charge in [-0.3, -0.25) is 29.5 Å². The number of nitrogens with zero attached hydrogens (tertiary/aromatic N) is 5. The molecule has 0 radical (unpaired) electrons. The van der Waals surface area contributed by atoms with E-state index in [4.69, 9.17) is 4.74 Å². The summed E-state index contributed by atoms with van der Waals surface area (Å²) in [5.74, 6) is -0.122. The van der Waals surface area contributed by atoms with Crippen LogP contribution in [0.5, 0.6) is 0 Å². The van der Waals surface area contributed by atoms with Gasteiger partial charge in [-0.05, 0) is 24.1 Å². The minimum Gasteiger partial charge on any atom is -0.445 e. The Balaban J connectivity index is 1.54. The van der Waals surface area contributed by atoms with Crippen molar-refractivity contribution in [3.63, 3.8) is 0 Å². The van der Waals surface area contributed by atoms with E-state index in [1.807, 2.05) is 4.90 Å². The molecule has 0 bridgehead atoms. The quantitative estimate of drug-likeness (QED) is 0.365. The van der Waals surface area contributed by atoms with E-state index in [9.17, 15) is 24.5 Å². The van der Waals surface area contributed by atoms with Crippen molar-refractivity contribution in [2.75, 3.05) is 53.4 Å². The first-order chi connectivity index (χ1) is 15.7. The van der Waals surface area contributed by atoms with E-state index < -0.39 is 17.1 Å². The molecule has 2 atom stereocenters. The fraction of sp³-hybridized carbons (Fsp3) is 0.571. The number of hydrogen-bond donors (Lipinski definition) is 1. The van der Waals surface area contributed by atoms with Crippen molar-refractivity contribution in [2.24, 2.45) is 0 Å². The smallest absolute Gasteiger partial charge is 0.410 e. The summed E-state index contributed by atoms with van der Waals surface area (Å²) in [6, 6.07) is 5.11. The third-order valence-electron chi connectivity index (χ3n) is 5.85. The molecule has 0 aliphatic carbocycles. The van der Waals surface area contributed by atoms with Gasteiger partial charge in [0.2, 0.25) is 11.8 Å². The van der Waals surface area contributed by atoms with Crippen LogP contribution in [0.15, 0.2) is 24.3 Å². The maximum Gasteiger partial charge on any atom is 0.410 e. The minimum atomic E-state index is -0.646. The van der Waals surface area contributed by atoms with E-state index in [1.54, 1.807) is 23.9 Å². The first kappa shape index (κ1) is 24.8. The highest BCUT2D eigenvalue weighted by molar-refractivity contribution is 7.81. The van der Waals surface area contributed by atoms with E-state index >= 15 is 0 Å². The van der Waals surface area contributed by atoms with Crippen LogP contribution in [-0.2, 0) is 20.9 Å². The lowest BCUT2D eigenvalue weighted by Gasteiger charge is -2.37. The number of rotatable bonds is 6. The summed E-state index contributed by atoms with van der Waals surface area (Å²) < 4.78 is 5.37. The molecule has 0 unspecified atom stereocenters. The highest BCUT2D eigenvalue weighted by Crippen LogP contribution is 2.25. The Labute approximate surface area is 197 Å². The molecule has 0 N–H and O–H groups in total. The van der Waals surface area contributed by atoms with Gasteiger partial charge < -0.3 is 14.5 Å². The fourth-order valence-corrected chi connectivity index (χ4v) is 4.24. The lowest BCUT2D eigenvalue weighted by Crippen LogP contribution is -2.55. The SMILES string of the molecule is CN(C)C(=O)CN1CCN(C(=O)[C@@H]2C[C@H](S)CN2C(=O)OCc2ccc([N+](=O)[O-])cc2)CC1. The Bertz CT molecular complexity index is 888. The van der Waals surface area contributed by atoms with Gasteiger partial charge in [0.15, 0.2) is 0 Å². The maximum absolute atomic E-state index is 13.2. The summed E-state index contributed by atoms with van der Waals surface area (Å²) >= 11 is 4.47. The Morgan fingerprint density at radius 1 is 1.15 bits per heavy atom. The van der Waals surface area contributed by atoms with Crippen molar-refractivity contribution in [2.45, 2.75) is 24.3 Å². The number of thiol groups is 1. The lowest BCUT2D eigenvalue weighted by atomic mass is 10.1. The molecule has 0 aromatic heterocycles. The van der Waals surface area contributed by atoms with Gasteiger partial charge in [-0.15, -0.1) is 0 Å². The molecular weight excluding hydrogens is 450 g/mol. The van der Waals surface area contributed by atoms with Crippen LogP contribution in [-0.4, -0.2) is 107 Å². The summed E-state index contributed by atoms with van der Waals surface area (Å²) in [7, 11) is 3.43. The highest BCUT2D eigenvalue weighted by Gasteiger charge is 2.41. The van der Waals surface area contributed by atoms with Crippen LogP contribution in [0.1, 0.15) is 12.0 Å². The Kier molecular flexibility index (Phi) is 8.14. The van der Waals surface area contributed by atoms with Gasteiger partial charge in [-0.2, -0.15) is 12.6 Å². The van der Waals surface area contributed by atoms with Crippen LogP contribution >= 0.6 is 12.6 Å². The van der Waals surface area contributed by atoms with Gasteiger partial charge in [-0.1, -0.05) is 0 Å². The molecule has 2 heterocycles. The van der Waals surface area contributed by atoms with Crippen molar-refractivity contribution in [3.8, 4) is 0 Å². The number of nitro groups is 1. The van der Waals surface area contributed by atoms with E-state index in [1.165, 1.54) is 29.2 Å². The molecule has 1 aromatic carbocycles. The summed E-state index contributed by atoms with van der Waals surface area (Å²) in [4.78, 5) is 54.7. The number of likely N-dealkylation sites (N-methyl/N-ethyl adjacent to an activating group) is 1. The molecule has 1 aromatic rings. The van der Waals surface area contributed by atoms with Crippen molar-refractivity contribution < 1.29 is 24.0 Å². The number of carbonyl (C=O) groups excluding carboxylic acids is 3. The maximum atomic E-state index is 13.2. The predicted molar refractivity (Wildman–Crippen MR) is 123 cm³/mol. The molecule has 2 aliphatic rings. The van der Waals surface area contributed by atoms with Gasteiger partial charge in [0.1, 0.15) is 12.6 Å². The van der Waals surface area contributed by atoms with Crippen LogP contribution in [0, 0.1) is 10.1 Å². The molecular formula is C21H29N5O6S. The Morgan fingerprint density at radius 2 is 1.79 bits per heavy atom. The predicted octanol–water partition coefficient (Wildman–Crippen LogP) is 0.837. The number of nitro benzene ring substituents is 1. The van der Waals surface area contributed by atoms with Crippen LogP contribution < -0.4 is 0 Å². The van der Waals surface area contributed by atoms with Crippen LogP contribution in [0.25, 0.3) is 0 Å². The molecule has 11 nitrogen and oxygen atoms in total. The van der Waals surface area contributed by atoms with Crippen LogP contribution in [0.3, 0.4) is 0 Å². The fourth-order valence-electron chi connectivity index (χ4n) is 3.86. The summed E-state index contributed by atoms with van der Waals surface area (Å²) in [6.07, 6.45) is -0.174. The van der Waals surface area contributed by atoms with Crippen LogP contribution in [0.2, 0.25) is 0 Å². The summed E-state index contributed by atoms with van der Waals surface area (Å²) in [5.41, 5.74) is 0.571. The first-order valence-corrected chi connectivity index (χ1v) is 11.2. The van der Waals surface area contributed by atoms with Gasteiger partial charge in [0.25, 0.3) is 5.69 Å². The molecule has 2 fully saturated rings. The monoisotopic (exact) mass is 479 g/mol. The standard InChI is InChI=1S/C21H29N5O6S/c1-22(2)19(27)13-23-7-9-24(10-8-23)20(28)18-11-17(33)12-25(18)21(29)32-14-15-3-5-16(6-4-15)26(30)31/h3-6,17-18,33H,7-14H2,1-2H3/t17-,18-/m0/s1. The second-order valence-corrected chi connectivity index (χ2v) is 9.16. The largest absolute Gasteiger partial charge is 0.445 e. The van der Waals surface area contributed by atoms with Crippen molar-refractivity contribution in [3.05, 3.63) is 39.9 Å². The second-order valence-electron chi connectivity index (χ2n) is 8.43. The average molecular weight is 480 g/mol. The molecule has 0 spiro atoms. The molecule has 2 saturated heterocycles. The average Bonchev–Trinajstić information content (AvgIpc) is 3.19. The molecule has 33 heavy (non-hydrogen) atoms. The minimum absolute atomic E-state index is 0.0189. The zero-order chi connectivity index (χ0) is 24.1. The molecule has 180 valence electrons. The number of non-ortho nitro benzene ring substituents is 1. The third-order valence-corrected chi connectivity index (χ3v) is 6.22. The van der Waals surface area contributed by atoms with E-state index in [0.29, 0.717) is 51.3 Å². The Hall–Kier alpha value is -2.86. The molecule has 2 aliphatic heterocycles. The van der Waals surface area contributed by atoms with Crippen molar-refractivity contribution in [1.82, 2.24) is 19.6 Å². The highest BCUT2D eigenvalue weighted by atomic mass is 32.1. The van der Waals surface area contributed by atoms with Crippen molar-refractivity contribution >= 4 is 36.2 Å². The molecule has 0 saturated carbocycles. The van der Waals surface area contributed by atoms with Crippen LogP contribution in [0.4, 0.5) is 10.5 Å². The van der Waals surface area contributed by atoms with E-state index in [0.717, 1.165) is 0 Å². The number of piperazine rings is 1. The number of ether oxygens (including phenoxy) is 1. The summed E-state index contributed by atoms with van der Waals surface area (Å²) in [5, 5.41) is 10.6.